The van der Waals surface area contributed by atoms with E-state index < -0.39 is 0 Å². The van der Waals surface area contributed by atoms with Crippen LogP contribution in [0.5, 0.6) is 11.5 Å². The van der Waals surface area contributed by atoms with Crippen LogP contribution in [0.1, 0.15) is 25.7 Å². The summed E-state index contributed by atoms with van der Waals surface area (Å²) >= 11 is 0. The van der Waals surface area contributed by atoms with Gasteiger partial charge in [-0.2, -0.15) is 0 Å². The van der Waals surface area contributed by atoms with Crippen molar-refractivity contribution in [3.05, 3.63) is 24.3 Å². The summed E-state index contributed by atoms with van der Waals surface area (Å²) in [7, 11) is 1.59. The first-order valence-electron chi connectivity index (χ1n) is 7.31. The lowest BCUT2D eigenvalue weighted by atomic mass is 9.95. The number of benzene rings is 1. The van der Waals surface area contributed by atoms with Gasteiger partial charge in [0.2, 0.25) is 0 Å². The van der Waals surface area contributed by atoms with E-state index in [2.05, 4.69) is 5.32 Å². The molecule has 2 fully saturated rings. The zero-order valence-corrected chi connectivity index (χ0v) is 11.8. The molecule has 0 spiro atoms. The van der Waals surface area contributed by atoms with Gasteiger partial charge < -0.3 is 14.8 Å². The Bertz CT molecular complexity index is 488. The summed E-state index contributed by atoms with van der Waals surface area (Å²) in [6.45, 7) is 0.0499. The van der Waals surface area contributed by atoms with Gasteiger partial charge in [-0.1, -0.05) is 18.6 Å². The monoisotopic (exact) mass is 275 g/mol. The number of hydrogen-bond donors (Lipinski definition) is 1. The molecular formula is C16H21NO3. The molecule has 2 bridgehead atoms. The molecule has 0 radical (unpaired) electrons. The molecule has 0 saturated heterocycles. The number of carbonyl (C=O) groups is 1. The normalized spacial score (nSPS) is 27.4. The van der Waals surface area contributed by atoms with E-state index in [1.165, 1.54) is 19.3 Å². The van der Waals surface area contributed by atoms with Gasteiger partial charge in [-0.25, -0.2) is 0 Å². The minimum Gasteiger partial charge on any atom is -0.493 e. The van der Waals surface area contributed by atoms with Gasteiger partial charge in [0.1, 0.15) is 0 Å². The van der Waals surface area contributed by atoms with Gasteiger partial charge in [-0.3, -0.25) is 4.79 Å². The van der Waals surface area contributed by atoms with Crippen LogP contribution in [0.15, 0.2) is 24.3 Å². The molecule has 3 atom stereocenters. The Labute approximate surface area is 119 Å². The van der Waals surface area contributed by atoms with Crippen LogP contribution < -0.4 is 14.8 Å². The number of carbonyl (C=O) groups excluding carboxylic acids is 1. The Hall–Kier alpha value is -1.71. The van der Waals surface area contributed by atoms with E-state index in [-0.39, 0.29) is 12.5 Å². The largest absolute Gasteiger partial charge is 0.493 e. The van der Waals surface area contributed by atoms with E-state index in [9.17, 15) is 4.79 Å². The molecule has 2 aliphatic carbocycles. The zero-order chi connectivity index (χ0) is 13.9. The fraction of sp³-hybridized carbons (Fsp3) is 0.562. The minimum absolute atomic E-state index is 0.0338. The quantitative estimate of drug-likeness (QED) is 0.897. The van der Waals surface area contributed by atoms with Crippen molar-refractivity contribution in [1.29, 1.82) is 0 Å². The number of fused-ring (bicyclic) bond motifs is 2. The lowest BCUT2D eigenvalue weighted by molar-refractivity contribution is -0.124. The predicted molar refractivity (Wildman–Crippen MR) is 75.9 cm³/mol. The number of rotatable bonds is 5. The molecule has 1 aromatic rings. The lowest BCUT2D eigenvalue weighted by Crippen LogP contribution is -2.40. The van der Waals surface area contributed by atoms with E-state index in [1.54, 1.807) is 7.11 Å². The van der Waals surface area contributed by atoms with Gasteiger partial charge in [0.15, 0.2) is 18.1 Å². The zero-order valence-electron chi connectivity index (χ0n) is 11.8. The first kappa shape index (κ1) is 13.3. The fourth-order valence-electron chi connectivity index (χ4n) is 3.55. The van der Waals surface area contributed by atoms with E-state index in [0.717, 1.165) is 12.3 Å². The van der Waals surface area contributed by atoms with Crippen LogP contribution >= 0.6 is 0 Å². The third-order valence-corrected chi connectivity index (χ3v) is 4.51. The third kappa shape index (κ3) is 2.74. The van der Waals surface area contributed by atoms with E-state index in [1.807, 2.05) is 24.3 Å². The van der Waals surface area contributed by atoms with Gasteiger partial charge in [0, 0.05) is 6.04 Å². The molecule has 1 aromatic carbocycles. The maximum atomic E-state index is 12.0. The first-order valence-corrected chi connectivity index (χ1v) is 7.31. The average Bonchev–Trinajstić information content (AvgIpc) is 3.08. The van der Waals surface area contributed by atoms with Crippen molar-refractivity contribution in [2.75, 3.05) is 13.7 Å². The smallest absolute Gasteiger partial charge is 0.258 e. The van der Waals surface area contributed by atoms with E-state index in [4.69, 9.17) is 9.47 Å². The summed E-state index contributed by atoms with van der Waals surface area (Å²) in [6, 6.07) is 7.74. The molecule has 0 heterocycles. The Morgan fingerprint density at radius 3 is 2.70 bits per heavy atom. The standard InChI is InChI=1S/C16H21NO3/c1-19-14-4-2-3-5-15(14)20-10-16(18)17-13-9-11-6-7-12(13)8-11/h2-5,11-13H,6-10H2,1H3,(H,17,18)/t11-,12-,13+/m0/s1. The SMILES string of the molecule is COc1ccccc1OCC(=O)N[C@@H]1C[C@H]2CC[C@H]1C2. The highest BCUT2D eigenvalue weighted by atomic mass is 16.5. The molecule has 0 aliphatic heterocycles. The molecule has 0 unspecified atom stereocenters. The van der Waals surface area contributed by atoms with Crippen LogP contribution in [0.3, 0.4) is 0 Å². The predicted octanol–water partition coefficient (Wildman–Crippen LogP) is 2.38. The van der Waals surface area contributed by atoms with Crippen molar-refractivity contribution in [2.45, 2.75) is 31.7 Å². The molecule has 1 amide bonds. The Balaban J connectivity index is 1.50. The highest BCUT2D eigenvalue weighted by Crippen LogP contribution is 2.44. The number of nitrogens with one attached hydrogen (secondary N) is 1. The number of methoxy groups -OCH3 is 1. The van der Waals surface area contributed by atoms with Gasteiger partial charge in [-0.15, -0.1) is 0 Å². The molecule has 3 rings (SSSR count). The van der Waals surface area contributed by atoms with E-state index >= 15 is 0 Å². The highest BCUT2D eigenvalue weighted by molar-refractivity contribution is 5.78. The average molecular weight is 275 g/mol. The second-order valence-corrected chi connectivity index (χ2v) is 5.79. The van der Waals surface area contributed by atoms with Crippen LogP contribution in [-0.2, 0) is 4.79 Å². The molecule has 4 nitrogen and oxygen atoms in total. The van der Waals surface area contributed by atoms with Crippen molar-refractivity contribution in [2.24, 2.45) is 11.8 Å². The van der Waals surface area contributed by atoms with E-state index in [0.29, 0.717) is 23.5 Å². The molecular weight excluding hydrogens is 254 g/mol. The molecule has 20 heavy (non-hydrogen) atoms. The lowest BCUT2D eigenvalue weighted by Gasteiger charge is -2.22. The second-order valence-electron chi connectivity index (χ2n) is 5.79. The maximum absolute atomic E-state index is 12.0. The Morgan fingerprint density at radius 2 is 2.05 bits per heavy atom. The topological polar surface area (TPSA) is 47.6 Å². The maximum Gasteiger partial charge on any atom is 0.258 e. The number of hydrogen-bond acceptors (Lipinski definition) is 3. The fourth-order valence-corrected chi connectivity index (χ4v) is 3.55. The van der Waals surface area contributed by atoms with Gasteiger partial charge in [0.05, 0.1) is 7.11 Å². The van der Waals surface area contributed by atoms with Crippen molar-refractivity contribution in [3.8, 4) is 11.5 Å². The highest BCUT2D eigenvalue weighted by Gasteiger charge is 2.40. The molecule has 4 heteroatoms. The van der Waals surface area contributed by atoms with Crippen LogP contribution in [0.4, 0.5) is 0 Å². The number of ether oxygens (including phenoxy) is 2. The third-order valence-electron chi connectivity index (χ3n) is 4.51. The van der Waals surface area contributed by atoms with Gasteiger partial charge in [-0.05, 0) is 43.2 Å². The summed E-state index contributed by atoms with van der Waals surface area (Å²) in [4.78, 5) is 12.0. The van der Waals surface area contributed by atoms with Crippen LogP contribution in [0.25, 0.3) is 0 Å². The Kier molecular flexibility index (Phi) is 3.81. The van der Waals surface area contributed by atoms with Gasteiger partial charge >= 0.3 is 0 Å². The van der Waals surface area contributed by atoms with Crippen molar-refractivity contribution in [1.82, 2.24) is 5.32 Å². The molecule has 0 aromatic heterocycles. The number of para-hydroxylation sites is 2. The summed E-state index contributed by atoms with van der Waals surface area (Å²) in [5.41, 5.74) is 0. The van der Waals surface area contributed by atoms with Crippen LogP contribution in [0.2, 0.25) is 0 Å². The summed E-state index contributed by atoms with van der Waals surface area (Å²) < 4.78 is 10.7. The molecule has 2 saturated carbocycles. The molecule has 1 N–H and O–H groups in total. The Morgan fingerprint density at radius 1 is 1.25 bits per heavy atom. The summed E-state index contributed by atoms with van der Waals surface area (Å²) in [5.74, 6) is 2.75. The first-order chi connectivity index (χ1) is 9.76. The number of amides is 1. The van der Waals surface area contributed by atoms with Crippen LogP contribution in [-0.4, -0.2) is 25.7 Å². The minimum atomic E-state index is -0.0338. The summed E-state index contributed by atoms with van der Waals surface area (Å²) in [6.07, 6.45) is 5.04. The van der Waals surface area contributed by atoms with Crippen molar-refractivity contribution < 1.29 is 14.3 Å². The second kappa shape index (κ2) is 5.73. The molecule has 108 valence electrons. The van der Waals surface area contributed by atoms with Gasteiger partial charge in [0.25, 0.3) is 5.91 Å². The van der Waals surface area contributed by atoms with Crippen molar-refractivity contribution in [3.63, 3.8) is 0 Å². The van der Waals surface area contributed by atoms with Crippen LogP contribution in [0, 0.1) is 11.8 Å². The van der Waals surface area contributed by atoms with Crippen molar-refractivity contribution >= 4 is 5.91 Å². The molecule has 2 aliphatic rings. The summed E-state index contributed by atoms with van der Waals surface area (Å²) in [5, 5.41) is 3.11.